The van der Waals surface area contributed by atoms with Crippen molar-refractivity contribution in [1.82, 2.24) is 0 Å². The van der Waals surface area contributed by atoms with Gasteiger partial charge in [0.1, 0.15) is 5.75 Å². The maximum absolute atomic E-state index is 12.4. The van der Waals surface area contributed by atoms with E-state index in [0.717, 1.165) is 27.0 Å². The van der Waals surface area contributed by atoms with Gasteiger partial charge in [0.05, 0.1) is 11.1 Å². The summed E-state index contributed by atoms with van der Waals surface area (Å²) in [5, 5.41) is 2.97. The Balaban J connectivity index is 2.22. The van der Waals surface area contributed by atoms with Crippen molar-refractivity contribution < 1.29 is 9.53 Å². The molecule has 0 bridgehead atoms. The number of nitrogens with one attached hydrogen (secondary N) is 1. The van der Waals surface area contributed by atoms with Crippen LogP contribution in [0.2, 0.25) is 0 Å². The fraction of sp³-hybridized carbons (Fsp3) is 0.235. The molecule has 0 unspecified atom stereocenters. The number of ether oxygens (including phenoxy) is 1. The number of hydrogen-bond donors (Lipinski definition) is 1. The summed E-state index contributed by atoms with van der Waals surface area (Å²) >= 11 is 5.73. The van der Waals surface area contributed by atoms with E-state index in [1.807, 2.05) is 26.8 Å². The Morgan fingerprint density at radius 1 is 1.23 bits per heavy atom. The van der Waals surface area contributed by atoms with E-state index in [4.69, 9.17) is 4.74 Å². The third-order valence-corrected chi connectivity index (χ3v) is 5.03. The first-order valence-corrected chi connectivity index (χ1v) is 8.80. The lowest BCUT2D eigenvalue weighted by Gasteiger charge is -2.12. The summed E-state index contributed by atoms with van der Waals surface area (Å²) in [5.41, 5.74) is 3.63. The standard InChI is InChI=1S/C17H17BrINO2/c1-4-22-16-6-5-12(9-13(16)18)17(21)20-15-8-10(2)14(19)7-11(15)3/h5-9H,4H2,1-3H3,(H,20,21). The molecule has 22 heavy (non-hydrogen) atoms. The van der Waals surface area contributed by atoms with E-state index in [0.29, 0.717) is 12.2 Å². The number of rotatable bonds is 4. The second-order valence-corrected chi connectivity index (χ2v) is 6.97. The van der Waals surface area contributed by atoms with Crippen LogP contribution >= 0.6 is 38.5 Å². The molecule has 1 amide bonds. The molecule has 0 aliphatic rings. The molecule has 5 heteroatoms. The summed E-state index contributed by atoms with van der Waals surface area (Å²) in [6, 6.07) is 9.40. The Bertz CT molecular complexity index is 716. The van der Waals surface area contributed by atoms with Crippen LogP contribution in [-0.2, 0) is 0 Å². The van der Waals surface area contributed by atoms with Crippen molar-refractivity contribution in [3.05, 3.63) is 55.1 Å². The van der Waals surface area contributed by atoms with E-state index in [1.165, 1.54) is 3.57 Å². The molecular weight excluding hydrogens is 457 g/mol. The zero-order valence-corrected chi connectivity index (χ0v) is 16.4. The average Bonchev–Trinajstić information content (AvgIpc) is 2.47. The molecule has 2 rings (SSSR count). The van der Waals surface area contributed by atoms with Crippen molar-refractivity contribution in [2.45, 2.75) is 20.8 Å². The van der Waals surface area contributed by atoms with Crippen LogP contribution in [0, 0.1) is 17.4 Å². The quantitative estimate of drug-likeness (QED) is 0.610. The summed E-state index contributed by atoms with van der Waals surface area (Å²) < 4.78 is 7.43. The Morgan fingerprint density at radius 2 is 1.95 bits per heavy atom. The Hall–Kier alpha value is -1.08. The van der Waals surface area contributed by atoms with E-state index in [9.17, 15) is 4.79 Å². The normalized spacial score (nSPS) is 10.4. The highest BCUT2D eigenvalue weighted by Crippen LogP contribution is 2.27. The molecule has 0 aliphatic carbocycles. The van der Waals surface area contributed by atoms with Crippen molar-refractivity contribution in [2.24, 2.45) is 0 Å². The van der Waals surface area contributed by atoms with E-state index in [-0.39, 0.29) is 5.91 Å². The topological polar surface area (TPSA) is 38.3 Å². The summed E-state index contributed by atoms with van der Waals surface area (Å²) in [5.74, 6) is 0.604. The predicted octanol–water partition coefficient (Wildman–Crippen LogP) is 5.32. The van der Waals surface area contributed by atoms with Gasteiger partial charge >= 0.3 is 0 Å². The van der Waals surface area contributed by atoms with Crippen LogP contribution in [0.25, 0.3) is 0 Å². The lowest BCUT2D eigenvalue weighted by molar-refractivity contribution is 0.102. The lowest BCUT2D eigenvalue weighted by Crippen LogP contribution is -2.13. The monoisotopic (exact) mass is 473 g/mol. The van der Waals surface area contributed by atoms with Crippen molar-refractivity contribution in [3.8, 4) is 5.75 Å². The highest BCUT2D eigenvalue weighted by atomic mass is 127. The highest BCUT2D eigenvalue weighted by Gasteiger charge is 2.11. The number of halogens is 2. The molecule has 0 heterocycles. The number of aryl methyl sites for hydroxylation is 2. The molecule has 2 aromatic rings. The fourth-order valence-corrected chi connectivity index (χ4v) is 3.14. The second kappa shape index (κ2) is 7.46. The first-order valence-electron chi connectivity index (χ1n) is 6.92. The van der Waals surface area contributed by atoms with Gasteiger partial charge in [0.2, 0.25) is 0 Å². The summed E-state index contributed by atoms with van der Waals surface area (Å²) in [6.45, 7) is 6.54. The van der Waals surface area contributed by atoms with Gasteiger partial charge in [-0.15, -0.1) is 0 Å². The third-order valence-electron chi connectivity index (χ3n) is 3.25. The lowest BCUT2D eigenvalue weighted by atomic mass is 10.1. The largest absolute Gasteiger partial charge is 0.493 e. The molecular formula is C17H17BrINO2. The minimum Gasteiger partial charge on any atom is -0.493 e. The van der Waals surface area contributed by atoms with E-state index < -0.39 is 0 Å². The van der Waals surface area contributed by atoms with Crippen LogP contribution in [0.15, 0.2) is 34.8 Å². The van der Waals surface area contributed by atoms with Gasteiger partial charge in [-0.3, -0.25) is 4.79 Å². The molecule has 2 aromatic carbocycles. The second-order valence-electron chi connectivity index (χ2n) is 4.95. The average molecular weight is 474 g/mol. The molecule has 0 spiro atoms. The minimum absolute atomic E-state index is 0.132. The number of hydrogen-bond acceptors (Lipinski definition) is 2. The van der Waals surface area contributed by atoms with E-state index in [1.54, 1.807) is 18.2 Å². The third kappa shape index (κ3) is 4.01. The molecule has 0 fully saturated rings. The molecule has 0 aliphatic heterocycles. The molecule has 0 saturated heterocycles. The van der Waals surface area contributed by atoms with Gasteiger partial charge in [-0.2, -0.15) is 0 Å². The predicted molar refractivity (Wildman–Crippen MR) is 102 cm³/mol. The number of amides is 1. The van der Waals surface area contributed by atoms with Crippen LogP contribution in [0.4, 0.5) is 5.69 Å². The van der Waals surface area contributed by atoms with Crippen LogP contribution in [0.5, 0.6) is 5.75 Å². The molecule has 116 valence electrons. The molecule has 0 aromatic heterocycles. The Morgan fingerprint density at radius 3 is 2.59 bits per heavy atom. The molecule has 3 nitrogen and oxygen atoms in total. The maximum atomic E-state index is 12.4. The Kier molecular flexibility index (Phi) is 5.86. The molecule has 0 atom stereocenters. The SMILES string of the molecule is CCOc1ccc(C(=O)Nc2cc(C)c(I)cc2C)cc1Br. The summed E-state index contributed by atoms with van der Waals surface area (Å²) in [4.78, 5) is 12.4. The number of carbonyl (C=O) groups excluding carboxylic acids is 1. The fourth-order valence-electron chi connectivity index (χ4n) is 2.02. The molecule has 1 N–H and O–H groups in total. The molecule has 0 radical (unpaired) electrons. The smallest absolute Gasteiger partial charge is 0.255 e. The van der Waals surface area contributed by atoms with Crippen LogP contribution in [-0.4, -0.2) is 12.5 Å². The van der Waals surface area contributed by atoms with Gasteiger partial charge in [0.15, 0.2) is 0 Å². The van der Waals surface area contributed by atoms with Gasteiger partial charge in [-0.25, -0.2) is 0 Å². The summed E-state index contributed by atoms with van der Waals surface area (Å²) in [6.07, 6.45) is 0. The zero-order valence-electron chi connectivity index (χ0n) is 12.7. The number of benzene rings is 2. The molecule has 0 saturated carbocycles. The van der Waals surface area contributed by atoms with Crippen molar-refractivity contribution >= 4 is 50.1 Å². The highest BCUT2D eigenvalue weighted by molar-refractivity contribution is 14.1. The first kappa shape index (κ1) is 17.3. The summed E-state index contributed by atoms with van der Waals surface area (Å²) in [7, 11) is 0. The van der Waals surface area contributed by atoms with Crippen molar-refractivity contribution in [3.63, 3.8) is 0 Å². The minimum atomic E-state index is -0.132. The number of anilines is 1. The van der Waals surface area contributed by atoms with Gasteiger partial charge < -0.3 is 10.1 Å². The first-order chi connectivity index (χ1) is 10.4. The Labute approximate surface area is 152 Å². The van der Waals surface area contributed by atoms with E-state index >= 15 is 0 Å². The van der Waals surface area contributed by atoms with Crippen LogP contribution in [0.3, 0.4) is 0 Å². The van der Waals surface area contributed by atoms with Crippen molar-refractivity contribution in [1.29, 1.82) is 0 Å². The number of carbonyl (C=O) groups is 1. The van der Waals surface area contributed by atoms with Gasteiger partial charge in [-0.1, -0.05) is 0 Å². The van der Waals surface area contributed by atoms with E-state index in [2.05, 4.69) is 49.9 Å². The van der Waals surface area contributed by atoms with Gasteiger partial charge in [0.25, 0.3) is 5.91 Å². The zero-order chi connectivity index (χ0) is 16.3. The van der Waals surface area contributed by atoms with Crippen LogP contribution < -0.4 is 10.1 Å². The van der Waals surface area contributed by atoms with Crippen LogP contribution in [0.1, 0.15) is 28.4 Å². The van der Waals surface area contributed by atoms with Gasteiger partial charge in [0, 0.05) is 14.8 Å². The maximum Gasteiger partial charge on any atom is 0.255 e. The van der Waals surface area contributed by atoms with Crippen molar-refractivity contribution in [2.75, 3.05) is 11.9 Å². The van der Waals surface area contributed by atoms with Gasteiger partial charge in [-0.05, 0) is 101 Å².